The van der Waals surface area contributed by atoms with E-state index in [4.69, 9.17) is 9.57 Å². The molecule has 1 aliphatic rings. The van der Waals surface area contributed by atoms with Gasteiger partial charge in [0, 0.05) is 6.54 Å². The molecule has 1 aromatic rings. The predicted octanol–water partition coefficient (Wildman–Crippen LogP) is 0.718. The van der Waals surface area contributed by atoms with Crippen molar-refractivity contribution < 1.29 is 14.4 Å². The summed E-state index contributed by atoms with van der Waals surface area (Å²) < 4.78 is 5.11. The highest BCUT2D eigenvalue weighted by atomic mass is 16.7. The van der Waals surface area contributed by atoms with Crippen molar-refractivity contribution in [2.45, 2.75) is 12.5 Å². The maximum atomic E-state index is 11.8. The summed E-state index contributed by atoms with van der Waals surface area (Å²) in [5.74, 6) is 0.257. The summed E-state index contributed by atoms with van der Waals surface area (Å²) >= 11 is 0. The molecule has 5 heteroatoms. The third-order valence-electron chi connectivity index (χ3n) is 2.68. The lowest BCUT2D eigenvalue weighted by Crippen LogP contribution is -2.31. The number of methoxy groups -OCH3 is 1. The van der Waals surface area contributed by atoms with Crippen LogP contribution in [0.15, 0.2) is 24.3 Å². The number of rotatable bonds is 4. The number of ether oxygens (including phenoxy) is 1. The van der Waals surface area contributed by atoms with Crippen LogP contribution in [-0.2, 0) is 4.84 Å². The minimum absolute atomic E-state index is 0.0497. The van der Waals surface area contributed by atoms with Crippen LogP contribution in [0.1, 0.15) is 16.8 Å². The Labute approximate surface area is 100 Å². The van der Waals surface area contributed by atoms with Crippen LogP contribution in [0.2, 0.25) is 0 Å². The van der Waals surface area contributed by atoms with Gasteiger partial charge in [-0.2, -0.15) is 0 Å². The molecule has 1 unspecified atom stereocenters. The Balaban J connectivity index is 1.94. The average Bonchev–Trinajstić information content (AvgIpc) is 2.89. The first-order valence-corrected chi connectivity index (χ1v) is 5.61. The Bertz CT molecular complexity index is 389. The molecule has 5 nitrogen and oxygen atoms in total. The van der Waals surface area contributed by atoms with E-state index in [9.17, 15) is 4.79 Å². The fourth-order valence-electron chi connectivity index (χ4n) is 1.75. The standard InChI is InChI=1S/C12H16N2O3/c1-16-11-5-3-2-4-10(11)12(15)14-17-9-6-7-13-8-9/h2-5,9,13H,6-8H2,1H3,(H,14,15). The van der Waals surface area contributed by atoms with E-state index >= 15 is 0 Å². The topological polar surface area (TPSA) is 59.6 Å². The maximum absolute atomic E-state index is 11.8. The summed E-state index contributed by atoms with van der Waals surface area (Å²) in [7, 11) is 1.54. The number of nitrogens with one attached hydrogen (secondary N) is 2. The van der Waals surface area contributed by atoms with Crippen LogP contribution in [0, 0.1) is 0 Å². The highest BCUT2D eigenvalue weighted by Crippen LogP contribution is 2.16. The number of para-hydroxylation sites is 1. The van der Waals surface area contributed by atoms with Gasteiger partial charge in [0.2, 0.25) is 0 Å². The molecule has 1 amide bonds. The van der Waals surface area contributed by atoms with Gasteiger partial charge >= 0.3 is 0 Å². The van der Waals surface area contributed by atoms with Crippen molar-refractivity contribution in [3.63, 3.8) is 0 Å². The lowest BCUT2D eigenvalue weighted by Gasteiger charge is -2.12. The zero-order chi connectivity index (χ0) is 12.1. The van der Waals surface area contributed by atoms with Gasteiger partial charge in [0.25, 0.3) is 5.91 Å². The predicted molar refractivity (Wildman–Crippen MR) is 62.8 cm³/mol. The van der Waals surface area contributed by atoms with Gasteiger partial charge in [0.05, 0.1) is 18.8 Å². The smallest absolute Gasteiger partial charge is 0.278 e. The van der Waals surface area contributed by atoms with Crippen molar-refractivity contribution in [2.75, 3.05) is 20.2 Å². The van der Waals surface area contributed by atoms with E-state index < -0.39 is 0 Å². The van der Waals surface area contributed by atoms with Gasteiger partial charge in [-0.05, 0) is 25.1 Å². The van der Waals surface area contributed by atoms with Crippen molar-refractivity contribution in [2.24, 2.45) is 0 Å². The molecule has 0 aliphatic carbocycles. The van der Waals surface area contributed by atoms with Crippen LogP contribution in [0.4, 0.5) is 0 Å². The molecule has 1 aliphatic heterocycles. The number of carbonyl (C=O) groups excluding carboxylic acids is 1. The quantitative estimate of drug-likeness (QED) is 0.756. The number of hydrogen-bond acceptors (Lipinski definition) is 4. The first-order chi connectivity index (χ1) is 8.31. The van der Waals surface area contributed by atoms with Crippen LogP contribution in [-0.4, -0.2) is 32.2 Å². The Hall–Kier alpha value is -1.59. The van der Waals surface area contributed by atoms with Crippen molar-refractivity contribution in [1.29, 1.82) is 0 Å². The van der Waals surface area contributed by atoms with Crippen LogP contribution >= 0.6 is 0 Å². The maximum Gasteiger partial charge on any atom is 0.278 e. The second-order valence-electron chi connectivity index (χ2n) is 3.86. The Morgan fingerprint density at radius 2 is 2.29 bits per heavy atom. The minimum atomic E-state index is -0.283. The summed E-state index contributed by atoms with van der Waals surface area (Å²) in [4.78, 5) is 17.1. The van der Waals surface area contributed by atoms with Gasteiger partial charge in [-0.1, -0.05) is 12.1 Å². The fraction of sp³-hybridized carbons (Fsp3) is 0.417. The van der Waals surface area contributed by atoms with Crippen molar-refractivity contribution in [1.82, 2.24) is 10.8 Å². The van der Waals surface area contributed by atoms with Gasteiger partial charge < -0.3 is 10.1 Å². The lowest BCUT2D eigenvalue weighted by atomic mass is 10.2. The Morgan fingerprint density at radius 1 is 1.47 bits per heavy atom. The summed E-state index contributed by atoms with van der Waals surface area (Å²) in [6.45, 7) is 1.70. The third-order valence-corrected chi connectivity index (χ3v) is 2.68. The summed E-state index contributed by atoms with van der Waals surface area (Å²) in [6.07, 6.45) is 0.959. The molecule has 0 spiro atoms. The first-order valence-electron chi connectivity index (χ1n) is 5.61. The molecule has 2 N–H and O–H groups in total. The van der Waals surface area contributed by atoms with Crippen LogP contribution < -0.4 is 15.5 Å². The largest absolute Gasteiger partial charge is 0.496 e. The van der Waals surface area contributed by atoms with Gasteiger partial charge in [-0.25, -0.2) is 5.48 Å². The van der Waals surface area contributed by atoms with Crippen molar-refractivity contribution >= 4 is 5.91 Å². The lowest BCUT2D eigenvalue weighted by molar-refractivity contribution is -0.00694. The average molecular weight is 236 g/mol. The van der Waals surface area contributed by atoms with Gasteiger partial charge in [0.1, 0.15) is 5.75 Å². The first kappa shape index (κ1) is 11.9. The van der Waals surface area contributed by atoms with E-state index in [0.717, 1.165) is 19.5 Å². The van der Waals surface area contributed by atoms with Gasteiger partial charge in [0.15, 0.2) is 0 Å². The van der Waals surface area contributed by atoms with Gasteiger partial charge in [-0.3, -0.25) is 9.63 Å². The van der Waals surface area contributed by atoms with Gasteiger partial charge in [-0.15, -0.1) is 0 Å². The number of hydrogen-bond donors (Lipinski definition) is 2. The molecular formula is C12H16N2O3. The molecule has 0 aromatic heterocycles. The molecule has 0 bridgehead atoms. The van der Waals surface area contributed by atoms with E-state index in [1.165, 1.54) is 7.11 Å². The summed E-state index contributed by atoms with van der Waals surface area (Å²) in [5, 5.41) is 3.16. The molecule has 92 valence electrons. The van der Waals surface area contributed by atoms with E-state index in [1.807, 2.05) is 6.07 Å². The van der Waals surface area contributed by atoms with E-state index in [0.29, 0.717) is 11.3 Å². The Kier molecular flexibility index (Phi) is 3.95. The molecule has 17 heavy (non-hydrogen) atoms. The number of carbonyl (C=O) groups is 1. The summed E-state index contributed by atoms with van der Waals surface area (Å²) in [6, 6.07) is 7.04. The molecule has 1 fully saturated rings. The van der Waals surface area contributed by atoms with Crippen molar-refractivity contribution in [3.8, 4) is 5.75 Å². The zero-order valence-electron chi connectivity index (χ0n) is 9.73. The number of amides is 1. The normalized spacial score (nSPS) is 19.0. The molecule has 1 aromatic carbocycles. The molecule has 1 atom stereocenters. The second-order valence-corrected chi connectivity index (χ2v) is 3.86. The Morgan fingerprint density at radius 3 is 3.00 bits per heavy atom. The van der Waals surface area contributed by atoms with E-state index in [2.05, 4.69) is 10.8 Å². The van der Waals surface area contributed by atoms with Crippen LogP contribution in [0.5, 0.6) is 5.75 Å². The molecule has 1 heterocycles. The van der Waals surface area contributed by atoms with E-state index in [1.54, 1.807) is 18.2 Å². The zero-order valence-corrected chi connectivity index (χ0v) is 9.73. The highest BCUT2D eigenvalue weighted by molar-refractivity contribution is 5.96. The molecule has 1 saturated heterocycles. The minimum Gasteiger partial charge on any atom is -0.496 e. The summed E-state index contributed by atoms with van der Waals surface area (Å²) in [5.41, 5.74) is 2.93. The third kappa shape index (κ3) is 2.95. The molecule has 0 saturated carbocycles. The SMILES string of the molecule is COc1ccccc1C(=O)NOC1CCNC1. The van der Waals surface area contributed by atoms with Crippen LogP contribution in [0.3, 0.4) is 0 Å². The fourth-order valence-corrected chi connectivity index (χ4v) is 1.75. The van der Waals surface area contributed by atoms with Crippen molar-refractivity contribution in [3.05, 3.63) is 29.8 Å². The second kappa shape index (κ2) is 5.65. The highest BCUT2D eigenvalue weighted by Gasteiger charge is 2.18. The van der Waals surface area contributed by atoms with Crippen LogP contribution in [0.25, 0.3) is 0 Å². The molecule has 2 rings (SSSR count). The van der Waals surface area contributed by atoms with E-state index in [-0.39, 0.29) is 12.0 Å². The molecule has 0 radical (unpaired) electrons. The number of hydroxylamine groups is 1. The number of benzene rings is 1. The monoisotopic (exact) mass is 236 g/mol. The molecular weight excluding hydrogens is 220 g/mol.